The Morgan fingerprint density at radius 1 is 0.796 bits per heavy atom. The zero-order chi connectivity index (χ0) is 38.6. The molecular weight excluding hydrogens is 686 g/mol. The topological polar surface area (TPSA) is 142 Å². The predicted octanol–water partition coefficient (Wildman–Crippen LogP) is 8.06. The first-order valence-electron chi connectivity index (χ1n) is 18.9. The van der Waals surface area contributed by atoms with E-state index in [1.54, 1.807) is 12.1 Å². The van der Waals surface area contributed by atoms with Crippen LogP contribution in [0.5, 0.6) is 11.5 Å². The van der Waals surface area contributed by atoms with E-state index >= 15 is 0 Å². The van der Waals surface area contributed by atoms with Gasteiger partial charge in [-0.15, -0.1) is 0 Å². The first kappa shape index (κ1) is 40.3. The molecule has 3 aromatic carbocycles. The first-order valence-corrected chi connectivity index (χ1v) is 18.9. The Kier molecular flexibility index (Phi) is 14.5. The minimum absolute atomic E-state index is 0.0286. The molecule has 3 atom stereocenters. The van der Waals surface area contributed by atoms with Crippen LogP contribution < -0.4 is 4.74 Å². The third-order valence-electron chi connectivity index (χ3n) is 9.39. The lowest BCUT2D eigenvalue weighted by Gasteiger charge is -2.21. The van der Waals surface area contributed by atoms with Gasteiger partial charge >= 0.3 is 11.9 Å². The Balaban J connectivity index is 1.32. The quantitative estimate of drug-likeness (QED) is 0.0695. The molecule has 0 radical (unpaired) electrons. The Morgan fingerprint density at radius 2 is 1.39 bits per heavy atom. The Bertz CT molecular complexity index is 1820. The molecular formula is C43H53N3O8. The largest absolute Gasteiger partial charge is 0.507 e. The van der Waals surface area contributed by atoms with Gasteiger partial charge in [0.15, 0.2) is 23.6 Å². The second-order valence-corrected chi connectivity index (χ2v) is 14.1. The fraction of sp³-hybridized carbons (Fsp3) is 0.465. The van der Waals surface area contributed by atoms with Crippen LogP contribution in [0.4, 0.5) is 0 Å². The molecule has 0 saturated carbocycles. The summed E-state index contributed by atoms with van der Waals surface area (Å²) in [6, 6.07) is 17.1. The van der Waals surface area contributed by atoms with Crippen molar-refractivity contribution in [1.29, 1.82) is 0 Å². The number of phenolic OH excluding ortho intramolecular Hbond substituents is 1. The van der Waals surface area contributed by atoms with Crippen molar-refractivity contribution in [2.24, 2.45) is 5.92 Å². The van der Waals surface area contributed by atoms with E-state index in [1.807, 2.05) is 52.0 Å². The number of benzene rings is 3. The minimum Gasteiger partial charge on any atom is -0.507 e. The van der Waals surface area contributed by atoms with Crippen molar-refractivity contribution in [1.82, 2.24) is 15.0 Å². The van der Waals surface area contributed by atoms with Crippen molar-refractivity contribution in [3.63, 3.8) is 0 Å². The molecule has 0 bridgehead atoms. The van der Waals surface area contributed by atoms with Gasteiger partial charge in [-0.2, -0.15) is 0 Å². The van der Waals surface area contributed by atoms with Gasteiger partial charge in [-0.05, 0) is 63.3 Å². The van der Waals surface area contributed by atoms with E-state index in [4.69, 9.17) is 38.6 Å². The molecule has 11 nitrogen and oxygen atoms in total. The monoisotopic (exact) mass is 739 g/mol. The number of ether oxygens (including phenoxy) is 5. The van der Waals surface area contributed by atoms with Crippen LogP contribution in [-0.4, -0.2) is 77.2 Å². The number of hydrogen-bond acceptors (Lipinski definition) is 11. The summed E-state index contributed by atoms with van der Waals surface area (Å²) in [5.74, 6) is 0.953. The van der Waals surface area contributed by atoms with Crippen LogP contribution in [0.25, 0.3) is 34.2 Å². The third-order valence-corrected chi connectivity index (χ3v) is 9.39. The van der Waals surface area contributed by atoms with Crippen LogP contribution in [0.2, 0.25) is 0 Å². The third kappa shape index (κ3) is 11.8. The lowest BCUT2D eigenvalue weighted by atomic mass is 10.0. The summed E-state index contributed by atoms with van der Waals surface area (Å²) < 4.78 is 28.0. The molecule has 1 aliphatic rings. The summed E-state index contributed by atoms with van der Waals surface area (Å²) in [5, 5.41) is 11.3. The van der Waals surface area contributed by atoms with Crippen molar-refractivity contribution in [2.75, 3.05) is 33.0 Å². The van der Waals surface area contributed by atoms with Crippen molar-refractivity contribution in [2.45, 2.75) is 92.3 Å². The fourth-order valence-corrected chi connectivity index (χ4v) is 6.10. The molecule has 54 heavy (non-hydrogen) atoms. The number of aromatic nitrogens is 3. The smallest absolute Gasteiger partial charge is 0.306 e. The Morgan fingerprint density at radius 3 is 1.94 bits per heavy atom. The van der Waals surface area contributed by atoms with Crippen LogP contribution in [-0.2, 0) is 28.5 Å². The van der Waals surface area contributed by atoms with E-state index in [0.29, 0.717) is 47.9 Å². The van der Waals surface area contributed by atoms with Gasteiger partial charge in [-0.25, -0.2) is 15.0 Å². The maximum Gasteiger partial charge on any atom is 0.306 e. The molecule has 0 amide bonds. The van der Waals surface area contributed by atoms with Gasteiger partial charge < -0.3 is 28.8 Å². The Hall–Kier alpha value is -4.87. The van der Waals surface area contributed by atoms with Crippen LogP contribution in [0.1, 0.15) is 74.6 Å². The van der Waals surface area contributed by atoms with Crippen molar-refractivity contribution in [3.05, 3.63) is 76.9 Å². The van der Waals surface area contributed by atoms with E-state index in [1.165, 1.54) is 6.07 Å². The molecule has 11 heteroatoms. The second kappa shape index (κ2) is 19.5. The standard InChI is InChI=1S/C43H53N3O8/c1-7-9-10-31(8-2)22-50-23-34(54-40(49)18-17-39(48)53-25-33-24-52-33)26-51-32-13-16-37(38(47)21-32)43-45-41(35-14-11-27(3)19-29(35)5)44-42(46-43)36-15-12-28(4)20-30(36)6/h11-16,19-21,31,33-34,47H,7-10,17-18,22-26H2,1-6H3. The highest BCUT2D eigenvalue weighted by Gasteiger charge is 2.25. The summed E-state index contributed by atoms with van der Waals surface area (Å²) in [7, 11) is 0. The molecule has 0 spiro atoms. The van der Waals surface area contributed by atoms with Crippen LogP contribution in [0, 0.1) is 33.6 Å². The normalized spacial score (nSPS) is 14.7. The van der Waals surface area contributed by atoms with Gasteiger partial charge in [0.2, 0.25) is 0 Å². The van der Waals surface area contributed by atoms with E-state index in [-0.39, 0.29) is 44.5 Å². The first-order chi connectivity index (χ1) is 26.0. The van der Waals surface area contributed by atoms with E-state index in [2.05, 4.69) is 26.0 Å². The zero-order valence-corrected chi connectivity index (χ0v) is 32.4. The number of phenols is 1. The summed E-state index contributed by atoms with van der Waals surface area (Å²) in [5.41, 5.74) is 6.48. The van der Waals surface area contributed by atoms with Gasteiger partial charge in [-0.1, -0.05) is 80.6 Å². The van der Waals surface area contributed by atoms with Crippen LogP contribution >= 0.6 is 0 Å². The van der Waals surface area contributed by atoms with Gasteiger partial charge in [-0.3, -0.25) is 9.59 Å². The second-order valence-electron chi connectivity index (χ2n) is 14.1. The molecule has 5 rings (SSSR count). The summed E-state index contributed by atoms with van der Waals surface area (Å²) in [6.07, 6.45) is 3.25. The van der Waals surface area contributed by atoms with Gasteiger partial charge in [0.05, 0.1) is 31.6 Å². The van der Waals surface area contributed by atoms with Gasteiger partial charge in [0.25, 0.3) is 0 Å². The molecule has 1 saturated heterocycles. The summed E-state index contributed by atoms with van der Waals surface area (Å²) in [4.78, 5) is 39.4. The molecule has 0 aliphatic carbocycles. The molecule has 1 aromatic heterocycles. The molecule has 2 heterocycles. The van der Waals surface area contributed by atoms with Gasteiger partial charge in [0.1, 0.15) is 30.8 Å². The highest BCUT2D eigenvalue weighted by molar-refractivity contribution is 5.78. The molecule has 1 fully saturated rings. The predicted molar refractivity (Wildman–Crippen MR) is 206 cm³/mol. The lowest BCUT2D eigenvalue weighted by molar-refractivity contribution is -0.157. The highest BCUT2D eigenvalue weighted by Crippen LogP contribution is 2.34. The Labute approximate surface area is 318 Å². The van der Waals surface area contributed by atoms with E-state index in [0.717, 1.165) is 59.1 Å². The minimum atomic E-state index is -0.747. The summed E-state index contributed by atoms with van der Waals surface area (Å²) >= 11 is 0. The van der Waals surface area contributed by atoms with Crippen molar-refractivity contribution >= 4 is 11.9 Å². The zero-order valence-electron chi connectivity index (χ0n) is 32.4. The van der Waals surface area contributed by atoms with Crippen molar-refractivity contribution in [3.8, 4) is 45.7 Å². The number of hydrogen-bond donors (Lipinski definition) is 1. The SMILES string of the molecule is CCCCC(CC)COCC(COc1ccc(-c2nc(-c3ccc(C)cc3C)nc(-c3ccc(C)cc3C)n2)c(O)c1)OC(=O)CCC(=O)OCC1CO1. The molecule has 288 valence electrons. The number of esters is 2. The molecule has 4 aromatic rings. The number of aryl methyl sites for hydroxylation is 4. The molecule has 1 N–H and O–H groups in total. The van der Waals surface area contributed by atoms with E-state index in [9.17, 15) is 14.7 Å². The number of epoxide rings is 1. The number of unbranched alkanes of at least 4 members (excludes halogenated alkanes) is 1. The summed E-state index contributed by atoms with van der Waals surface area (Å²) in [6.45, 7) is 13.8. The number of carbonyl (C=O) groups excluding carboxylic acids is 2. The molecule has 3 unspecified atom stereocenters. The maximum absolute atomic E-state index is 12.8. The number of carbonyl (C=O) groups is 2. The van der Waals surface area contributed by atoms with Crippen LogP contribution in [0.15, 0.2) is 54.6 Å². The van der Waals surface area contributed by atoms with E-state index < -0.39 is 18.0 Å². The van der Waals surface area contributed by atoms with Crippen LogP contribution in [0.3, 0.4) is 0 Å². The van der Waals surface area contributed by atoms with Gasteiger partial charge in [0, 0.05) is 23.8 Å². The highest BCUT2D eigenvalue weighted by atomic mass is 16.6. The number of rotatable bonds is 20. The fourth-order valence-electron chi connectivity index (χ4n) is 6.10. The maximum atomic E-state index is 12.8. The lowest BCUT2D eigenvalue weighted by Crippen LogP contribution is -2.31. The average molecular weight is 740 g/mol. The average Bonchev–Trinajstić information content (AvgIpc) is 3.98. The molecule has 1 aliphatic heterocycles. The number of nitrogens with zero attached hydrogens (tertiary/aromatic N) is 3. The number of aromatic hydroxyl groups is 1. The van der Waals surface area contributed by atoms with Crippen molar-refractivity contribution < 1.29 is 38.4 Å².